The Morgan fingerprint density at radius 1 is 0.630 bits per heavy atom. The minimum Gasteiger partial charge on any atom is -0.494 e. The lowest BCUT2D eigenvalue weighted by atomic mass is 10.2. The number of benzene rings is 3. The van der Waals surface area contributed by atoms with Crippen LogP contribution in [0, 0.1) is 5.41 Å². The molecule has 3 aromatic carbocycles. The van der Waals surface area contributed by atoms with E-state index in [0.29, 0.717) is 32.2 Å². The van der Waals surface area contributed by atoms with Gasteiger partial charge in [0.15, 0.2) is 6.29 Å². The van der Waals surface area contributed by atoms with E-state index in [4.69, 9.17) is 33.8 Å². The molecule has 0 aliphatic heterocycles. The van der Waals surface area contributed by atoms with Gasteiger partial charge in [-0.1, -0.05) is 43.8 Å². The Kier molecular flexibility index (Phi) is 19.9. The summed E-state index contributed by atoms with van der Waals surface area (Å²) >= 11 is 0. The molecule has 11 heteroatoms. The highest BCUT2D eigenvalue weighted by Gasteiger charge is 2.10. The molecule has 286 valence electrons. The van der Waals surface area contributed by atoms with Crippen molar-refractivity contribution in [2.45, 2.75) is 57.7 Å². The van der Waals surface area contributed by atoms with Crippen LogP contribution < -0.4 is 18.9 Å². The lowest BCUT2D eigenvalue weighted by molar-refractivity contribution is -0.138. The predicted octanol–water partition coefficient (Wildman–Crippen LogP) is 8.05. The molecule has 0 fully saturated rings. The molecule has 0 radical (unpaired) electrons. The van der Waals surface area contributed by atoms with Gasteiger partial charge >= 0.3 is 17.9 Å². The maximum atomic E-state index is 12.5. The van der Waals surface area contributed by atoms with Crippen molar-refractivity contribution in [3.63, 3.8) is 0 Å². The van der Waals surface area contributed by atoms with Crippen LogP contribution in [0.15, 0.2) is 104 Å². The number of hydrogen-bond acceptors (Lipinski definition) is 11. The Balaban J connectivity index is 1.36. The summed E-state index contributed by atoms with van der Waals surface area (Å²) in [7, 11) is 0. The second-order valence-corrected chi connectivity index (χ2v) is 11.9. The Hall–Kier alpha value is -5.78. The summed E-state index contributed by atoms with van der Waals surface area (Å²) < 4.78 is 32.5. The van der Waals surface area contributed by atoms with E-state index >= 15 is 0 Å². The summed E-state index contributed by atoms with van der Waals surface area (Å²) in [5, 5.41) is 17.0. The van der Waals surface area contributed by atoms with Gasteiger partial charge in [0.25, 0.3) is 0 Å². The largest absolute Gasteiger partial charge is 0.494 e. The van der Waals surface area contributed by atoms with Gasteiger partial charge in [0, 0.05) is 30.0 Å². The summed E-state index contributed by atoms with van der Waals surface area (Å²) in [5.41, 5.74) is 1.82. The molecule has 11 nitrogen and oxygen atoms in total. The van der Waals surface area contributed by atoms with Crippen molar-refractivity contribution < 1.29 is 47.9 Å². The van der Waals surface area contributed by atoms with E-state index in [0.717, 1.165) is 80.5 Å². The first-order valence-corrected chi connectivity index (χ1v) is 17.9. The molecule has 1 atom stereocenters. The number of hydrogen-bond donors (Lipinski definition) is 2. The van der Waals surface area contributed by atoms with Crippen molar-refractivity contribution in [3.05, 3.63) is 121 Å². The smallest absolute Gasteiger partial charge is 0.336 e. The molecular formula is C43H49NO10. The maximum absolute atomic E-state index is 12.5. The zero-order valence-corrected chi connectivity index (χ0v) is 30.5. The van der Waals surface area contributed by atoms with Gasteiger partial charge in [0.1, 0.15) is 23.0 Å². The van der Waals surface area contributed by atoms with Crippen LogP contribution >= 0.6 is 0 Å². The van der Waals surface area contributed by atoms with Crippen molar-refractivity contribution in [1.29, 1.82) is 5.41 Å². The monoisotopic (exact) mass is 739 g/mol. The third-order valence-electron chi connectivity index (χ3n) is 7.67. The minimum atomic E-state index is -0.909. The van der Waals surface area contributed by atoms with Gasteiger partial charge in [0.2, 0.25) is 0 Å². The van der Waals surface area contributed by atoms with Gasteiger partial charge < -0.3 is 38.9 Å². The first-order valence-electron chi connectivity index (χ1n) is 17.9. The van der Waals surface area contributed by atoms with Crippen molar-refractivity contribution >= 4 is 36.3 Å². The molecule has 3 rings (SSSR count). The second-order valence-electron chi connectivity index (χ2n) is 11.9. The molecule has 54 heavy (non-hydrogen) atoms. The molecule has 0 heterocycles. The first-order chi connectivity index (χ1) is 26.3. The van der Waals surface area contributed by atoms with Crippen molar-refractivity contribution in [2.24, 2.45) is 0 Å². The SMILES string of the molecule is C=CC(=O)OCCCCCCOc1ccc(/C=C/C(=O)Oc2ccc(OC(=O)/C=C/c3ccc(OCCCCCCOC(O)C=C)cc3)cc2C=N)cc1. The predicted molar refractivity (Wildman–Crippen MR) is 208 cm³/mol. The van der Waals surface area contributed by atoms with E-state index in [-0.39, 0.29) is 17.1 Å². The summed E-state index contributed by atoms with van der Waals surface area (Å²) in [4.78, 5) is 36.0. The third kappa shape index (κ3) is 17.6. The van der Waals surface area contributed by atoms with E-state index in [1.165, 1.54) is 36.4 Å². The normalized spacial score (nSPS) is 11.5. The van der Waals surface area contributed by atoms with Gasteiger partial charge in [-0.05, 0) is 117 Å². The van der Waals surface area contributed by atoms with E-state index in [2.05, 4.69) is 13.2 Å². The first kappa shape index (κ1) is 42.6. The fraction of sp³-hybridized carbons (Fsp3) is 0.302. The van der Waals surface area contributed by atoms with Gasteiger partial charge in [0.05, 0.1) is 26.4 Å². The van der Waals surface area contributed by atoms with Crippen LogP contribution in [-0.4, -0.2) is 61.9 Å². The molecule has 0 saturated heterocycles. The number of nitrogens with one attached hydrogen (secondary N) is 1. The molecule has 0 saturated carbocycles. The molecule has 2 N–H and O–H groups in total. The van der Waals surface area contributed by atoms with Crippen molar-refractivity contribution in [2.75, 3.05) is 26.4 Å². The van der Waals surface area contributed by atoms with Crippen LogP contribution in [0.5, 0.6) is 23.0 Å². The molecule has 0 aliphatic carbocycles. The van der Waals surface area contributed by atoms with Gasteiger partial charge in [-0.3, -0.25) is 0 Å². The van der Waals surface area contributed by atoms with Gasteiger partial charge in [-0.15, -0.1) is 0 Å². The number of carbonyl (C=O) groups excluding carboxylic acids is 3. The zero-order chi connectivity index (χ0) is 38.8. The average Bonchev–Trinajstić information content (AvgIpc) is 3.19. The minimum absolute atomic E-state index is 0.147. The van der Waals surface area contributed by atoms with Gasteiger partial charge in [-0.2, -0.15) is 0 Å². The highest BCUT2D eigenvalue weighted by Crippen LogP contribution is 2.24. The van der Waals surface area contributed by atoms with Crippen molar-refractivity contribution in [1.82, 2.24) is 0 Å². The molecule has 0 amide bonds. The lowest BCUT2D eigenvalue weighted by Gasteiger charge is -2.08. The standard InChI is InChI=1S/C43H49NO10/c1-3-40(45)51-29-11-7-5-9-27-49-36-19-13-33(14-20-36)17-25-42(47)53-38-23-24-39(35(31-38)32-44)54-43(48)26-18-34-15-21-37(22-16-34)50-28-10-6-8-12-30-52-41(46)4-2/h3-4,13-26,31-32,40,44-45H,1-2,5-12,27-30H2/b25-17+,26-18+,44-32?. The van der Waals surface area contributed by atoms with Crippen molar-refractivity contribution in [3.8, 4) is 23.0 Å². The van der Waals surface area contributed by atoms with E-state index in [9.17, 15) is 19.5 Å². The average molecular weight is 740 g/mol. The van der Waals surface area contributed by atoms with Crippen LogP contribution in [-0.2, 0) is 23.9 Å². The molecule has 0 bridgehead atoms. The van der Waals surface area contributed by atoms with E-state index in [1.807, 2.05) is 48.5 Å². The molecular weight excluding hydrogens is 690 g/mol. The molecule has 0 spiro atoms. The third-order valence-corrected chi connectivity index (χ3v) is 7.67. The number of aliphatic hydroxyl groups excluding tert-OH is 1. The number of carbonyl (C=O) groups is 3. The molecule has 0 aromatic heterocycles. The summed E-state index contributed by atoms with van der Waals surface area (Å²) in [6.07, 6.45) is 15.7. The summed E-state index contributed by atoms with van der Waals surface area (Å²) in [6.45, 7) is 8.85. The molecule has 3 aromatic rings. The van der Waals surface area contributed by atoms with Crippen LogP contribution in [0.2, 0.25) is 0 Å². The Morgan fingerprint density at radius 3 is 1.65 bits per heavy atom. The molecule has 1 unspecified atom stereocenters. The topological polar surface area (TPSA) is 151 Å². The van der Waals surface area contributed by atoms with E-state index < -0.39 is 24.2 Å². The summed E-state index contributed by atoms with van der Waals surface area (Å²) in [5.74, 6) is 0.131. The second kappa shape index (κ2) is 25.2. The number of esters is 3. The van der Waals surface area contributed by atoms with Crippen LogP contribution in [0.4, 0.5) is 0 Å². The number of rotatable bonds is 26. The fourth-order valence-corrected chi connectivity index (χ4v) is 4.77. The quantitative estimate of drug-likeness (QED) is 0.0157. The fourth-order valence-electron chi connectivity index (χ4n) is 4.77. The highest BCUT2D eigenvalue weighted by atomic mass is 16.6. The number of unbranched alkanes of at least 4 members (excludes halogenated alkanes) is 6. The van der Waals surface area contributed by atoms with Crippen LogP contribution in [0.3, 0.4) is 0 Å². The summed E-state index contributed by atoms with van der Waals surface area (Å²) in [6, 6.07) is 19.0. The van der Waals surface area contributed by atoms with E-state index in [1.54, 1.807) is 12.2 Å². The lowest BCUT2D eigenvalue weighted by Crippen LogP contribution is -2.08. The Labute approximate surface area is 317 Å². The van der Waals surface area contributed by atoms with Crippen LogP contribution in [0.25, 0.3) is 12.2 Å². The maximum Gasteiger partial charge on any atom is 0.336 e. The molecule has 0 aliphatic rings. The Bertz CT molecular complexity index is 1700. The van der Waals surface area contributed by atoms with Crippen LogP contribution in [0.1, 0.15) is 68.1 Å². The zero-order valence-electron chi connectivity index (χ0n) is 30.5. The van der Waals surface area contributed by atoms with Gasteiger partial charge in [-0.25, -0.2) is 14.4 Å². The number of aliphatic hydroxyl groups is 1. The highest BCUT2D eigenvalue weighted by molar-refractivity contribution is 5.92. The Morgan fingerprint density at radius 2 is 1.13 bits per heavy atom. The number of ether oxygens (including phenoxy) is 6.